The standard InChI is InChI=1S/C48H39NS/c1-47(2)39-28-34(32-14-8-5-9-15-32)20-24-43(39)49(38-18-12-7-13-19-38)44-25-21-36(29-40(44)47)37-23-27-46-42(31-37)48(3,4)41-30-35(22-26-45(41)50-46)33-16-10-6-11-17-33/h5-31H,1-4H3. The third kappa shape index (κ3) is 4.93. The van der Waals surface area contributed by atoms with E-state index in [1.807, 2.05) is 11.8 Å². The molecule has 0 aliphatic carbocycles. The highest BCUT2D eigenvalue weighted by Crippen LogP contribution is 2.54. The van der Waals surface area contributed by atoms with Gasteiger partial charge in [0.2, 0.25) is 0 Å². The molecule has 50 heavy (non-hydrogen) atoms. The van der Waals surface area contributed by atoms with Crippen LogP contribution in [0.4, 0.5) is 17.1 Å². The first kappa shape index (κ1) is 30.7. The molecule has 0 atom stereocenters. The van der Waals surface area contributed by atoms with Crippen molar-refractivity contribution in [2.75, 3.05) is 4.90 Å². The van der Waals surface area contributed by atoms with Crippen LogP contribution in [0.3, 0.4) is 0 Å². The Labute approximate surface area is 300 Å². The predicted octanol–water partition coefficient (Wildman–Crippen LogP) is 13.6. The van der Waals surface area contributed by atoms with Crippen molar-refractivity contribution in [3.63, 3.8) is 0 Å². The largest absolute Gasteiger partial charge is 0.310 e. The van der Waals surface area contributed by atoms with Crippen LogP contribution >= 0.6 is 11.8 Å². The van der Waals surface area contributed by atoms with E-state index >= 15 is 0 Å². The van der Waals surface area contributed by atoms with Crippen molar-refractivity contribution in [2.45, 2.75) is 48.3 Å². The molecule has 0 saturated carbocycles. The summed E-state index contributed by atoms with van der Waals surface area (Å²) >= 11 is 1.90. The molecule has 7 aromatic carbocycles. The molecule has 0 unspecified atom stereocenters. The van der Waals surface area contributed by atoms with Gasteiger partial charge in [-0.25, -0.2) is 0 Å². The van der Waals surface area contributed by atoms with Crippen LogP contribution in [-0.2, 0) is 10.8 Å². The summed E-state index contributed by atoms with van der Waals surface area (Å²) in [4.78, 5) is 5.14. The molecule has 242 valence electrons. The summed E-state index contributed by atoms with van der Waals surface area (Å²) < 4.78 is 0. The van der Waals surface area contributed by atoms with E-state index < -0.39 is 0 Å². The molecule has 7 aromatic rings. The van der Waals surface area contributed by atoms with E-state index in [0.717, 1.165) is 0 Å². The summed E-state index contributed by atoms with van der Waals surface area (Å²) in [6.07, 6.45) is 0. The summed E-state index contributed by atoms with van der Waals surface area (Å²) in [5.41, 5.74) is 16.3. The second kappa shape index (κ2) is 11.6. The first-order valence-electron chi connectivity index (χ1n) is 17.5. The molecule has 0 fully saturated rings. The minimum Gasteiger partial charge on any atom is -0.310 e. The Morgan fingerprint density at radius 1 is 0.360 bits per heavy atom. The second-order valence-corrected chi connectivity index (χ2v) is 15.7. The maximum atomic E-state index is 2.45. The monoisotopic (exact) mass is 661 g/mol. The van der Waals surface area contributed by atoms with Crippen LogP contribution in [0.1, 0.15) is 49.9 Å². The second-order valence-electron chi connectivity index (χ2n) is 14.6. The SMILES string of the molecule is CC1(C)c2cc(-c3ccccc3)ccc2Sc2ccc(-c3ccc4c(c3)C(C)(C)c3cc(-c5ccccc5)ccc3N4c3ccccc3)cc21. The Hall–Kier alpha value is -5.31. The number of rotatable bonds is 4. The van der Waals surface area contributed by atoms with Gasteiger partial charge in [0.1, 0.15) is 0 Å². The highest BCUT2D eigenvalue weighted by atomic mass is 32.2. The summed E-state index contributed by atoms with van der Waals surface area (Å²) in [5, 5.41) is 0. The van der Waals surface area contributed by atoms with Crippen LogP contribution in [0, 0.1) is 0 Å². The van der Waals surface area contributed by atoms with E-state index in [0.29, 0.717) is 0 Å². The highest BCUT2D eigenvalue weighted by molar-refractivity contribution is 7.99. The molecule has 2 heteroatoms. The van der Waals surface area contributed by atoms with Crippen LogP contribution in [0.5, 0.6) is 0 Å². The fourth-order valence-corrected chi connectivity index (χ4v) is 9.41. The van der Waals surface area contributed by atoms with Gasteiger partial charge in [0.05, 0.1) is 11.4 Å². The van der Waals surface area contributed by atoms with E-state index in [1.165, 1.54) is 82.5 Å². The number of nitrogens with zero attached hydrogens (tertiary/aromatic N) is 1. The summed E-state index contributed by atoms with van der Waals surface area (Å²) in [5.74, 6) is 0. The van der Waals surface area contributed by atoms with Gasteiger partial charge in [-0.1, -0.05) is 143 Å². The molecule has 2 aliphatic heterocycles. The summed E-state index contributed by atoms with van der Waals surface area (Å²) in [6, 6.07) is 60.5. The lowest BCUT2D eigenvalue weighted by Crippen LogP contribution is -2.30. The molecule has 0 spiro atoms. The lowest BCUT2D eigenvalue weighted by molar-refractivity contribution is 0.608. The smallest absolute Gasteiger partial charge is 0.0503 e. The van der Waals surface area contributed by atoms with Crippen LogP contribution in [0.15, 0.2) is 174 Å². The molecule has 1 nitrogen and oxygen atoms in total. The number of fused-ring (bicyclic) bond motifs is 4. The summed E-state index contributed by atoms with van der Waals surface area (Å²) in [6.45, 7) is 9.55. The zero-order chi connectivity index (χ0) is 34.0. The van der Waals surface area contributed by atoms with Crippen LogP contribution in [0.2, 0.25) is 0 Å². The van der Waals surface area contributed by atoms with Crippen LogP contribution < -0.4 is 4.90 Å². The topological polar surface area (TPSA) is 3.24 Å². The van der Waals surface area contributed by atoms with Gasteiger partial charge in [-0.15, -0.1) is 0 Å². The van der Waals surface area contributed by atoms with Crippen molar-refractivity contribution in [3.05, 3.63) is 186 Å². The fraction of sp³-hybridized carbons (Fsp3) is 0.125. The van der Waals surface area contributed by atoms with Crippen molar-refractivity contribution in [2.24, 2.45) is 0 Å². The lowest BCUT2D eigenvalue weighted by Gasteiger charge is -2.42. The molecule has 2 aliphatic rings. The van der Waals surface area contributed by atoms with E-state index in [1.54, 1.807) is 0 Å². The van der Waals surface area contributed by atoms with Crippen molar-refractivity contribution in [3.8, 4) is 33.4 Å². The van der Waals surface area contributed by atoms with Gasteiger partial charge in [-0.05, 0) is 116 Å². The maximum absolute atomic E-state index is 2.45. The van der Waals surface area contributed by atoms with E-state index in [2.05, 4.69) is 196 Å². The lowest BCUT2D eigenvalue weighted by atomic mass is 9.72. The van der Waals surface area contributed by atoms with Gasteiger partial charge in [-0.3, -0.25) is 0 Å². The zero-order valence-electron chi connectivity index (χ0n) is 28.9. The van der Waals surface area contributed by atoms with Gasteiger partial charge in [0.25, 0.3) is 0 Å². The fourth-order valence-electron chi connectivity index (χ4n) is 8.05. The van der Waals surface area contributed by atoms with Crippen molar-refractivity contribution in [1.82, 2.24) is 0 Å². The Morgan fingerprint density at radius 3 is 1.18 bits per heavy atom. The van der Waals surface area contributed by atoms with Gasteiger partial charge in [0.15, 0.2) is 0 Å². The number of benzene rings is 7. The van der Waals surface area contributed by atoms with Gasteiger partial charge >= 0.3 is 0 Å². The number of hydrogen-bond acceptors (Lipinski definition) is 2. The zero-order valence-corrected chi connectivity index (χ0v) is 29.8. The van der Waals surface area contributed by atoms with Gasteiger partial charge < -0.3 is 4.90 Å². The number of hydrogen-bond donors (Lipinski definition) is 0. The molecule has 0 bridgehead atoms. The first-order chi connectivity index (χ1) is 24.3. The van der Waals surface area contributed by atoms with Crippen LogP contribution in [0.25, 0.3) is 33.4 Å². The van der Waals surface area contributed by atoms with Gasteiger partial charge in [0, 0.05) is 26.3 Å². The minimum absolute atomic E-state index is 0.138. The van der Waals surface area contributed by atoms with Crippen molar-refractivity contribution < 1.29 is 0 Å². The highest BCUT2D eigenvalue weighted by Gasteiger charge is 2.38. The molecular formula is C48H39NS. The molecule has 0 N–H and O–H groups in total. The third-order valence-corrected chi connectivity index (χ3v) is 12.1. The third-order valence-electron chi connectivity index (χ3n) is 10.9. The Balaban J connectivity index is 1.16. The van der Waals surface area contributed by atoms with E-state index in [9.17, 15) is 0 Å². The van der Waals surface area contributed by atoms with E-state index in [4.69, 9.17) is 0 Å². The average molecular weight is 662 g/mol. The Bertz CT molecular complexity index is 2390. The normalized spacial score (nSPS) is 15.0. The maximum Gasteiger partial charge on any atom is 0.0503 e. The molecule has 0 saturated heterocycles. The average Bonchev–Trinajstić information content (AvgIpc) is 3.16. The molecule has 0 radical (unpaired) electrons. The van der Waals surface area contributed by atoms with E-state index in [-0.39, 0.29) is 10.8 Å². The Kier molecular flexibility index (Phi) is 7.16. The molecule has 0 amide bonds. The Morgan fingerprint density at radius 2 is 0.720 bits per heavy atom. The van der Waals surface area contributed by atoms with Crippen LogP contribution in [-0.4, -0.2) is 0 Å². The van der Waals surface area contributed by atoms with Gasteiger partial charge in [-0.2, -0.15) is 0 Å². The molecule has 2 heterocycles. The molecular weight excluding hydrogens is 623 g/mol. The van der Waals surface area contributed by atoms with Crippen molar-refractivity contribution >= 4 is 28.8 Å². The number of para-hydroxylation sites is 1. The van der Waals surface area contributed by atoms with Crippen molar-refractivity contribution in [1.29, 1.82) is 0 Å². The number of anilines is 3. The molecule has 9 rings (SSSR count). The quantitative estimate of drug-likeness (QED) is 0.185. The first-order valence-corrected chi connectivity index (χ1v) is 18.3. The minimum atomic E-state index is -0.215. The molecule has 0 aromatic heterocycles. The summed E-state index contributed by atoms with van der Waals surface area (Å²) in [7, 11) is 0. The predicted molar refractivity (Wildman–Crippen MR) is 212 cm³/mol.